The van der Waals surface area contributed by atoms with Crippen molar-refractivity contribution in [1.82, 2.24) is 8.87 Å². The van der Waals surface area contributed by atoms with E-state index in [2.05, 4.69) is 4.99 Å². The van der Waals surface area contributed by atoms with Gasteiger partial charge in [0, 0.05) is 25.2 Å². The molecule has 9 heteroatoms. The summed E-state index contributed by atoms with van der Waals surface area (Å²) in [6.07, 6.45) is 1.78. The first-order chi connectivity index (χ1) is 14.9. The van der Waals surface area contributed by atoms with Crippen LogP contribution < -0.4 is 9.54 Å². The molecule has 4 rings (SSSR count). The Morgan fingerprint density at radius 1 is 1.19 bits per heavy atom. The van der Waals surface area contributed by atoms with Crippen LogP contribution in [0.2, 0.25) is 0 Å². The van der Waals surface area contributed by atoms with E-state index < -0.39 is 15.9 Å². The normalized spacial score (nSPS) is 15.0. The third-order valence-corrected chi connectivity index (χ3v) is 8.28. The van der Waals surface area contributed by atoms with Gasteiger partial charge in [-0.3, -0.25) is 4.79 Å². The second-order valence-corrected chi connectivity index (χ2v) is 10.4. The summed E-state index contributed by atoms with van der Waals surface area (Å²) in [5, 5.41) is 0. The first kappa shape index (κ1) is 21.7. The van der Waals surface area contributed by atoms with Crippen LogP contribution in [-0.2, 0) is 16.6 Å². The third kappa shape index (κ3) is 4.17. The van der Waals surface area contributed by atoms with Crippen LogP contribution in [0, 0.1) is 0 Å². The molecule has 0 aliphatic heterocycles. The van der Waals surface area contributed by atoms with Gasteiger partial charge in [-0.15, -0.1) is 0 Å². The fourth-order valence-electron chi connectivity index (χ4n) is 3.47. The van der Waals surface area contributed by atoms with Gasteiger partial charge in [0.05, 0.1) is 16.2 Å². The van der Waals surface area contributed by atoms with Crippen LogP contribution >= 0.6 is 11.3 Å². The SMILES string of the molecule is CCOc1cccc2sc(=NC(=O)c3ccc(S(=O)(=O)N(C)C4CC4)cc3)n(CC)c12. The van der Waals surface area contributed by atoms with E-state index in [0.717, 1.165) is 28.8 Å². The minimum Gasteiger partial charge on any atom is -0.492 e. The number of aromatic nitrogens is 1. The van der Waals surface area contributed by atoms with Crippen molar-refractivity contribution in [2.24, 2.45) is 4.99 Å². The molecule has 0 saturated heterocycles. The highest BCUT2D eigenvalue weighted by molar-refractivity contribution is 7.89. The zero-order valence-electron chi connectivity index (χ0n) is 17.7. The van der Waals surface area contributed by atoms with Crippen molar-refractivity contribution in [2.45, 2.75) is 44.2 Å². The number of ether oxygens (including phenoxy) is 1. The predicted molar refractivity (Wildman–Crippen MR) is 121 cm³/mol. The molecule has 1 heterocycles. The second kappa shape index (κ2) is 8.57. The number of aryl methyl sites for hydroxylation is 1. The van der Waals surface area contributed by atoms with Gasteiger partial charge >= 0.3 is 0 Å². The van der Waals surface area contributed by atoms with Crippen LogP contribution in [0.5, 0.6) is 5.75 Å². The van der Waals surface area contributed by atoms with E-state index in [1.54, 1.807) is 7.05 Å². The topological polar surface area (TPSA) is 81.0 Å². The Hall–Kier alpha value is -2.49. The van der Waals surface area contributed by atoms with Gasteiger partial charge in [-0.2, -0.15) is 9.30 Å². The summed E-state index contributed by atoms with van der Waals surface area (Å²) >= 11 is 1.43. The van der Waals surface area contributed by atoms with Crippen LogP contribution in [0.25, 0.3) is 10.2 Å². The zero-order valence-corrected chi connectivity index (χ0v) is 19.4. The van der Waals surface area contributed by atoms with E-state index in [1.165, 1.54) is 39.9 Å². The Morgan fingerprint density at radius 2 is 1.90 bits per heavy atom. The number of carbonyl (C=O) groups excluding carboxylic acids is 1. The van der Waals surface area contributed by atoms with Crippen molar-refractivity contribution in [2.75, 3.05) is 13.7 Å². The lowest BCUT2D eigenvalue weighted by Gasteiger charge is -2.16. The first-order valence-electron chi connectivity index (χ1n) is 10.3. The number of benzene rings is 2. The molecule has 3 aromatic rings. The van der Waals surface area contributed by atoms with Crippen LogP contribution in [0.3, 0.4) is 0 Å². The summed E-state index contributed by atoms with van der Waals surface area (Å²) in [6.45, 7) is 5.12. The number of nitrogens with zero attached hydrogens (tertiary/aromatic N) is 3. The van der Waals surface area contributed by atoms with Crippen molar-refractivity contribution in [3.05, 3.63) is 52.8 Å². The smallest absolute Gasteiger partial charge is 0.279 e. The van der Waals surface area contributed by atoms with E-state index in [9.17, 15) is 13.2 Å². The zero-order chi connectivity index (χ0) is 22.2. The number of thiazole rings is 1. The predicted octanol–water partition coefficient (Wildman–Crippen LogP) is 3.65. The fraction of sp³-hybridized carbons (Fsp3) is 0.364. The Bertz CT molecular complexity index is 1290. The molecule has 164 valence electrons. The van der Waals surface area contributed by atoms with E-state index in [0.29, 0.717) is 23.5 Å². The average Bonchev–Trinajstić information content (AvgIpc) is 3.55. The fourth-order valence-corrected chi connectivity index (χ4v) is 6.00. The number of carbonyl (C=O) groups is 1. The van der Waals surface area contributed by atoms with Crippen LogP contribution in [0.15, 0.2) is 52.4 Å². The third-order valence-electron chi connectivity index (χ3n) is 5.32. The molecule has 1 amide bonds. The van der Waals surface area contributed by atoms with Crippen LogP contribution in [-0.4, -0.2) is 42.9 Å². The average molecular weight is 460 g/mol. The van der Waals surface area contributed by atoms with Crippen molar-refractivity contribution in [3.8, 4) is 5.75 Å². The molecule has 1 fully saturated rings. The summed E-state index contributed by atoms with van der Waals surface area (Å²) in [5.41, 5.74) is 1.27. The summed E-state index contributed by atoms with van der Waals surface area (Å²) < 4.78 is 35.4. The Kier molecular flexibility index (Phi) is 6.00. The van der Waals surface area contributed by atoms with Gasteiger partial charge in [0.2, 0.25) is 10.0 Å². The molecule has 1 aromatic heterocycles. The van der Waals surface area contributed by atoms with Crippen LogP contribution in [0.4, 0.5) is 0 Å². The highest BCUT2D eigenvalue weighted by Gasteiger charge is 2.35. The Labute approximate surface area is 185 Å². The Morgan fingerprint density at radius 3 is 2.52 bits per heavy atom. The molecule has 0 N–H and O–H groups in total. The number of sulfonamides is 1. The minimum atomic E-state index is -3.54. The van der Waals surface area contributed by atoms with E-state index in [4.69, 9.17) is 4.74 Å². The molecule has 1 aliphatic carbocycles. The van der Waals surface area contributed by atoms with Gasteiger partial charge in [-0.05, 0) is 63.1 Å². The maximum absolute atomic E-state index is 12.8. The monoisotopic (exact) mass is 459 g/mol. The summed E-state index contributed by atoms with van der Waals surface area (Å²) in [4.78, 5) is 17.9. The molecule has 1 saturated carbocycles. The van der Waals surface area contributed by atoms with E-state index >= 15 is 0 Å². The summed E-state index contributed by atoms with van der Waals surface area (Å²) in [7, 11) is -1.94. The van der Waals surface area contributed by atoms with Gasteiger partial charge in [0.25, 0.3) is 5.91 Å². The molecule has 31 heavy (non-hydrogen) atoms. The number of fused-ring (bicyclic) bond motifs is 1. The molecule has 2 aromatic carbocycles. The van der Waals surface area contributed by atoms with Crippen LogP contribution in [0.1, 0.15) is 37.0 Å². The molecule has 0 atom stereocenters. The maximum Gasteiger partial charge on any atom is 0.279 e. The summed E-state index contributed by atoms with van der Waals surface area (Å²) in [6, 6.07) is 11.9. The lowest BCUT2D eigenvalue weighted by molar-refractivity contribution is 0.0997. The molecule has 0 unspecified atom stereocenters. The molecular formula is C22H25N3O4S2. The van der Waals surface area contributed by atoms with Crippen molar-refractivity contribution < 1.29 is 17.9 Å². The highest BCUT2D eigenvalue weighted by atomic mass is 32.2. The number of rotatable bonds is 7. The maximum atomic E-state index is 12.8. The number of hydrogen-bond acceptors (Lipinski definition) is 5. The largest absolute Gasteiger partial charge is 0.492 e. The van der Waals surface area contributed by atoms with Crippen molar-refractivity contribution in [3.63, 3.8) is 0 Å². The van der Waals surface area contributed by atoms with Gasteiger partial charge in [0.15, 0.2) is 4.80 Å². The number of amides is 1. The van der Waals surface area contributed by atoms with Gasteiger partial charge in [-0.25, -0.2) is 8.42 Å². The Balaban J connectivity index is 1.67. The standard InChI is InChI=1S/C22H25N3O4S2/c1-4-25-20-18(29-5-2)7-6-8-19(20)30-22(25)23-21(26)15-9-13-17(14-10-15)31(27,28)24(3)16-11-12-16/h6-10,13-14,16H,4-5,11-12H2,1-3H3. The molecule has 0 spiro atoms. The van der Waals surface area contributed by atoms with Gasteiger partial charge in [-0.1, -0.05) is 17.4 Å². The molecule has 7 nitrogen and oxygen atoms in total. The lowest BCUT2D eigenvalue weighted by atomic mass is 10.2. The first-order valence-corrected chi connectivity index (χ1v) is 12.5. The molecule has 0 bridgehead atoms. The van der Waals surface area contributed by atoms with Crippen molar-refractivity contribution in [1.29, 1.82) is 0 Å². The van der Waals surface area contributed by atoms with E-state index in [1.807, 2.05) is 36.6 Å². The van der Waals surface area contributed by atoms with Gasteiger partial charge < -0.3 is 9.30 Å². The van der Waals surface area contributed by atoms with Gasteiger partial charge in [0.1, 0.15) is 11.3 Å². The minimum absolute atomic E-state index is 0.0836. The van der Waals surface area contributed by atoms with Crippen molar-refractivity contribution >= 4 is 37.5 Å². The number of para-hydroxylation sites is 1. The molecule has 1 aliphatic rings. The van der Waals surface area contributed by atoms with E-state index in [-0.39, 0.29) is 10.9 Å². The second-order valence-electron chi connectivity index (χ2n) is 7.36. The molecular weight excluding hydrogens is 434 g/mol. The quantitative estimate of drug-likeness (QED) is 0.540. The summed E-state index contributed by atoms with van der Waals surface area (Å²) in [5.74, 6) is 0.354. The lowest BCUT2D eigenvalue weighted by Crippen LogP contribution is -2.28. The number of hydrogen-bond donors (Lipinski definition) is 0. The molecule has 0 radical (unpaired) electrons. The highest BCUT2D eigenvalue weighted by Crippen LogP contribution is 2.30.